The third-order valence-electron chi connectivity index (χ3n) is 1.25. The van der Waals surface area contributed by atoms with Gasteiger partial charge in [0.15, 0.2) is 0 Å². The minimum Gasteiger partial charge on any atom is -0.205 e. The summed E-state index contributed by atoms with van der Waals surface area (Å²) in [5.74, 6) is -1.71. The van der Waals surface area contributed by atoms with E-state index >= 15 is 0 Å². The molecule has 0 heterocycles. The highest BCUT2D eigenvalue weighted by atomic mass is 35.7. The number of rotatable bonds is 1. The zero-order valence-corrected chi connectivity index (χ0v) is 7.56. The maximum absolute atomic E-state index is 12.6. The van der Waals surface area contributed by atoms with Crippen LogP contribution in [0.5, 0.6) is 0 Å². The van der Waals surface area contributed by atoms with Gasteiger partial charge >= 0.3 is 0 Å². The van der Waals surface area contributed by atoms with Crippen molar-refractivity contribution in [3.63, 3.8) is 0 Å². The Morgan fingerprint density at radius 3 is 1.71 bits per heavy atom. The standard InChI is InChI=1S/C6H4ClF5S.CH4/c7-13(9,10,11,12)6-4-2-1-3-5(6)8;/h1-4H;1H4. The zero-order valence-electron chi connectivity index (χ0n) is 5.99. The van der Waals surface area contributed by atoms with E-state index in [-0.39, 0.29) is 13.5 Å². The highest BCUT2D eigenvalue weighted by molar-refractivity contribution is 8.65. The van der Waals surface area contributed by atoms with Crippen LogP contribution in [0.2, 0.25) is 0 Å². The minimum atomic E-state index is -8.88. The van der Waals surface area contributed by atoms with Gasteiger partial charge in [0.2, 0.25) is 0 Å². The van der Waals surface area contributed by atoms with Crippen LogP contribution in [0.25, 0.3) is 0 Å². The van der Waals surface area contributed by atoms with E-state index in [4.69, 9.17) is 0 Å². The first-order valence-corrected chi connectivity index (χ1v) is 5.87. The molecule has 0 spiro atoms. The third-order valence-corrected chi connectivity index (χ3v) is 2.91. The van der Waals surface area contributed by atoms with Crippen LogP contribution < -0.4 is 0 Å². The van der Waals surface area contributed by atoms with Gasteiger partial charge in [0, 0.05) is 10.7 Å². The van der Waals surface area contributed by atoms with E-state index in [1.807, 2.05) is 0 Å². The van der Waals surface area contributed by atoms with E-state index in [1.165, 1.54) is 0 Å². The zero-order chi connectivity index (χ0) is 10.4. The van der Waals surface area contributed by atoms with E-state index in [0.29, 0.717) is 6.07 Å². The Hall–Kier alpha value is -0.490. The van der Waals surface area contributed by atoms with Crippen LogP contribution in [-0.4, -0.2) is 0 Å². The SMILES string of the molecule is C.Fc1ccccc1S(F)(F)(F)(F)Cl. The van der Waals surface area contributed by atoms with Gasteiger partial charge in [-0.05, 0) is 12.1 Å². The molecule has 0 aliphatic heterocycles. The van der Waals surface area contributed by atoms with Crippen molar-refractivity contribution in [1.29, 1.82) is 0 Å². The Bertz CT molecular complexity index is 343. The molecule has 1 rings (SSSR count). The Morgan fingerprint density at radius 2 is 1.43 bits per heavy atom. The predicted octanol–water partition coefficient (Wildman–Crippen LogP) is 5.39. The van der Waals surface area contributed by atoms with Crippen molar-refractivity contribution in [2.75, 3.05) is 0 Å². The number of hydrogen-bond acceptors (Lipinski definition) is 0. The largest absolute Gasteiger partial charge is 0.256 e. The summed E-state index contributed by atoms with van der Waals surface area (Å²) in [5.41, 5.74) is 0. The molecule has 0 amide bonds. The number of benzene rings is 1. The molecular formula is C7H8ClF5S. The molecule has 0 nitrogen and oxygen atoms in total. The Kier molecular flexibility index (Phi) is 2.66. The molecule has 0 radical (unpaired) electrons. The molecule has 1 aromatic rings. The van der Waals surface area contributed by atoms with Crippen molar-refractivity contribution in [3.05, 3.63) is 30.1 Å². The first-order chi connectivity index (χ1) is 5.50. The van der Waals surface area contributed by atoms with Crippen molar-refractivity contribution in [3.8, 4) is 0 Å². The highest BCUT2D eigenvalue weighted by Gasteiger charge is 2.64. The van der Waals surface area contributed by atoms with Crippen molar-refractivity contribution in [2.45, 2.75) is 12.3 Å². The summed E-state index contributed by atoms with van der Waals surface area (Å²) in [6, 6.07) is 2.64. The second-order valence-electron chi connectivity index (χ2n) is 2.40. The van der Waals surface area contributed by atoms with Gasteiger partial charge in [-0.25, -0.2) is 4.39 Å². The van der Waals surface area contributed by atoms with Crippen molar-refractivity contribution in [1.82, 2.24) is 0 Å². The lowest BCUT2D eigenvalue weighted by atomic mass is 10.4. The molecule has 0 aromatic heterocycles. The lowest BCUT2D eigenvalue weighted by Gasteiger charge is -2.42. The molecule has 0 aliphatic carbocycles. The van der Waals surface area contributed by atoms with Crippen molar-refractivity contribution in [2.24, 2.45) is 0 Å². The maximum atomic E-state index is 12.6. The highest BCUT2D eigenvalue weighted by Crippen LogP contribution is 3.04. The van der Waals surface area contributed by atoms with Gasteiger partial charge in [0.05, 0.1) is 0 Å². The second-order valence-corrected chi connectivity index (χ2v) is 6.64. The van der Waals surface area contributed by atoms with Crippen molar-refractivity contribution < 1.29 is 19.9 Å². The van der Waals surface area contributed by atoms with Gasteiger partial charge in [0.25, 0.3) is 9.05 Å². The molecule has 0 unspecified atom stereocenters. The van der Waals surface area contributed by atoms with E-state index < -0.39 is 19.8 Å². The molecule has 0 fully saturated rings. The average molecular weight is 255 g/mol. The molecule has 0 aliphatic rings. The van der Waals surface area contributed by atoms with Gasteiger partial charge in [-0.3, -0.25) is 0 Å². The third kappa shape index (κ3) is 3.02. The summed E-state index contributed by atoms with van der Waals surface area (Å²) in [4.78, 5) is -2.04. The molecule has 0 bridgehead atoms. The van der Waals surface area contributed by atoms with Crippen molar-refractivity contribution >= 4 is 19.7 Å². The lowest BCUT2D eigenvalue weighted by molar-refractivity contribution is 0.463. The van der Waals surface area contributed by atoms with Gasteiger partial charge in [0.1, 0.15) is 10.7 Å². The molecule has 84 valence electrons. The first kappa shape index (κ1) is 13.5. The summed E-state index contributed by atoms with van der Waals surface area (Å²) in [6.45, 7) is 0. The predicted molar refractivity (Wildman–Crippen MR) is 49.3 cm³/mol. The molecule has 14 heavy (non-hydrogen) atoms. The molecule has 7 heteroatoms. The Balaban J connectivity index is 0.00000169. The lowest BCUT2D eigenvalue weighted by Crippen LogP contribution is -2.06. The number of halogens is 6. The Labute approximate surface area is 82.6 Å². The average Bonchev–Trinajstić information content (AvgIpc) is 1.82. The molecule has 0 saturated carbocycles. The fraction of sp³-hybridized carbons (Fsp3) is 0.143. The molecule has 0 N–H and O–H groups in total. The van der Waals surface area contributed by atoms with Crippen LogP contribution in [0.15, 0.2) is 29.2 Å². The fourth-order valence-electron chi connectivity index (χ4n) is 0.758. The summed E-state index contributed by atoms with van der Waals surface area (Å²) >= 11 is 0. The van der Waals surface area contributed by atoms with Crippen LogP contribution in [-0.2, 0) is 0 Å². The second kappa shape index (κ2) is 2.76. The van der Waals surface area contributed by atoms with Gasteiger partial charge in [-0.2, -0.15) is 0 Å². The molecular weight excluding hydrogens is 247 g/mol. The smallest absolute Gasteiger partial charge is 0.205 e. The number of hydrogen-bond donors (Lipinski definition) is 0. The first-order valence-electron chi connectivity index (χ1n) is 2.99. The van der Waals surface area contributed by atoms with Crippen LogP contribution in [0, 0.1) is 5.82 Å². The fourth-order valence-corrected chi connectivity index (χ4v) is 1.91. The van der Waals surface area contributed by atoms with Gasteiger partial charge in [-0.1, -0.05) is 19.6 Å². The summed E-state index contributed by atoms with van der Waals surface area (Å²) in [5, 5.41) is 0. The van der Waals surface area contributed by atoms with Gasteiger partial charge in [-0.15, -0.1) is 15.5 Å². The maximum Gasteiger partial charge on any atom is 0.256 e. The summed E-state index contributed by atoms with van der Waals surface area (Å²) in [7, 11) is -4.99. The summed E-state index contributed by atoms with van der Waals surface area (Å²) in [6.07, 6.45) is 0. The molecule has 0 atom stereocenters. The van der Waals surface area contributed by atoms with Crippen LogP contribution in [0.3, 0.4) is 0 Å². The summed E-state index contributed by atoms with van der Waals surface area (Å²) < 4.78 is 62.2. The monoisotopic (exact) mass is 254 g/mol. The van der Waals surface area contributed by atoms with Crippen LogP contribution in [0.4, 0.5) is 19.9 Å². The van der Waals surface area contributed by atoms with E-state index in [0.717, 1.165) is 12.1 Å². The topological polar surface area (TPSA) is 0 Å². The minimum absolute atomic E-state index is 0. The van der Waals surface area contributed by atoms with Crippen LogP contribution >= 0.6 is 19.7 Å². The molecule has 0 saturated heterocycles. The van der Waals surface area contributed by atoms with E-state index in [1.54, 1.807) is 0 Å². The van der Waals surface area contributed by atoms with E-state index in [9.17, 15) is 19.9 Å². The van der Waals surface area contributed by atoms with E-state index in [2.05, 4.69) is 10.7 Å². The Morgan fingerprint density at radius 1 is 1.00 bits per heavy atom. The molecule has 1 aromatic carbocycles. The quantitative estimate of drug-likeness (QED) is 0.590. The van der Waals surface area contributed by atoms with Gasteiger partial charge < -0.3 is 0 Å². The normalized spacial score (nSPS) is 16.4. The van der Waals surface area contributed by atoms with Crippen LogP contribution in [0.1, 0.15) is 7.43 Å².